The van der Waals surface area contributed by atoms with Crippen molar-refractivity contribution in [3.05, 3.63) is 12.2 Å². The zero-order valence-electron chi connectivity index (χ0n) is 11.2. The highest BCUT2D eigenvalue weighted by atomic mass is 15.3. The van der Waals surface area contributed by atoms with E-state index in [1.54, 1.807) is 6.33 Å². The Morgan fingerprint density at radius 2 is 2.29 bits per heavy atom. The molecule has 1 saturated carbocycles. The zero-order chi connectivity index (χ0) is 12.3. The van der Waals surface area contributed by atoms with Crippen molar-refractivity contribution >= 4 is 0 Å². The molecule has 1 fully saturated rings. The van der Waals surface area contributed by atoms with E-state index in [2.05, 4.69) is 36.2 Å². The van der Waals surface area contributed by atoms with Crippen molar-refractivity contribution in [2.45, 2.75) is 52.6 Å². The molecule has 2 unspecified atom stereocenters. The number of rotatable bonds is 5. The van der Waals surface area contributed by atoms with Gasteiger partial charge in [0, 0.05) is 6.04 Å². The molecule has 4 heteroatoms. The normalized spacial score (nSPS) is 24.7. The molecule has 1 heterocycles. The van der Waals surface area contributed by atoms with Crippen LogP contribution < -0.4 is 5.32 Å². The minimum atomic E-state index is 0.390. The van der Waals surface area contributed by atoms with E-state index in [1.165, 1.54) is 19.3 Å². The summed E-state index contributed by atoms with van der Waals surface area (Å²) in [6, 6.07) is 0.390. The van der Waals surface area contributed by atoms with Crippen molar-refractivity contribution in [3.63, 3.8) is 0 Å². The van der Waals surface area contributed by atoms with Crippen LogP contribution in [0.3, 0.4) is 0 Å². The summed E-state index contributed by atoms with van der Waals surface area (Å²) >= 11 is 0. The summed E-state index contributed by atoms with van der Waals surface area (Å²) < 4.78 is 1.99. The highest BCUT2D eigenvalue weighted by Crippen LogP contribution is 2.29. The third-order valence-corrected chi connectivity index (χ3v) is 3.66. The summed E-state index contributed by atoms with van der Waals surface area (Å²) in [7, 11) is 0. The predicted octanol–water partition coefficient (Wildman–Crippen LogP) is 2.38. The van der Waals surface area contributed by atoms with E-state index < -0.39 is 0 Å². The van der Waals surface area contributed by atoms with Gasteiger partial charge >= 0.3 is 0 Å². The van der Waals surface area contributed by atoms with E-state index in [-0.39, 0.29) is 0 Å². The standard InChI is InChI=1S/C13H24N4/c1-10(2)17-13(15-9-16-17)8-14-7-12-5-4-11(3)6-12/h9-12,14H,4-8H2,1-3H3. The molecule has 2 atom stereocenters. The van der Waals surface area contributed by atoms with Crippen LogP contribution >= 0.6 is 0 Å². The molecule has 1 aromatic heterocycles. The van der Waals surface area contributed by atoms with E-state index in [9.17, 15) is 0 Å². The lowest BCUT2D eigenvalue weighted by Crippen LogP contribution is -2.23. The van der Waals surface area contributed by atoms with E-state index >= 15 is 0 Å². The summed E-state index contributed by atoms with van der Waals surface area (Å²) in [5, 5.41) is 7.77. The summed E-state index contributed by atoms with van der Waals surface area (Å²) in [6.07, 6.45) is 5.80. The first-order chi connectivity index (χ1) is 8.16. The molecule has 0 bridgehead atoms. The quantitative estimate of drug-likeness (QED) is 0.853. The van der Waals surface area contributed by atoms with Crippen molar-refractivity contribution in [3.8, 4) is 0 Å². The minimum absolute atomic E-state index is 0.390. The fourth-order valence-corrected chi connectivity index (χ4v) is 2.73. The third-order valence-electron chi connectivity index (χ3n) is 3.66. The second kappa shape index (κ2) is 5.63. The first kappa shape index (κ1) is 12.6. The van der Waals surface area contributed by atoms with Gasteiger partial charge in [-0.2, -0.15) is 5.10 Å². The van der Waals surface area contributed by atoms with Crippen LogP contribution in [0, 0.1) is 11.8 Å². The molecule has 17 heavy (non-hydrogen) atoms. The molecule has 0 amide bonds. The van der Waals surface area contributed by atoms with Gasteiger partial charge in [-0.25, -0.2) is 9.67 Å². The Hall–Kier alpha value is -0.900. The molecule has 4 nitrogen and oxygen atoms in total. The Morgan fingerprint density at radius 1 is 1.47 bits per heavy atom. The smallest absolute Gasteiger partial charge is 0.141 e. The van der Waals surface area contributed by atoms with Gasteiger partial charge in [0.25, 0.3) is 0 Å². The van der Waals surface area contributed by atoms with Crippen molar-refractivity contribution in [1.82, 2.24) is 20.1 Å². The van der Waals surface area contributed by atoms with Gasteiger partial charge in [0.05, 0.1) is 6.54 Å². The summed E-state index contributed by atoms with van der Waals surface area (Å²) in [6.45, 7) is 8.58. The number of hydrogen-bond acceptors (Lipinski definition) is 3. The first-order valence-corrected chi connectivity index (χ1v) is 6.76. The maximum Gasteiger partial charge on any atom is 0.141 e. The molecule has 1 aromatic rings. The first-order valence-electron chi connectivity index (χ1n) is 6.76. The lowest BCUT2D eigenvalue weighted by atomic mass is 10.1. The lowest BCUT2D eigenvalue weighted by molar-refractivity contribution is 0.446. The fourth-order valence-electron chi connectivity index (χ4n) is 2.73. The lowest BCUT2D eigenvalue weighted by Gasteiger charge is -2.12. The summed E-state index contributed by atoms with van der Waals surface area (Å²) in [4.78, 5) is 4.31. The molecule has 0 aliphatic heterocycles. The van der Waals surface area contributed by atoms with E-state index in [1.807, 2.05) is 4.68 Å². The van der Waals surface area contributed by atoms with Crippen LogP contribution in [0.5, 0.6) is 0 Å². The van der Waals surface area contributed by atoms with Crippen molar-refractivity contribution in [2.75, 3.05) is 6.54 Å². The highest BCUT2D eigenvalue weighted by molar-refractivity contribution is 4.86. The molecular formula is C13H24N4. The van der Waals surface area contributed by atoms with Gasteiger partial charge in [-0.15, -0.1) is 0 Å². The van der Waals surface area contributed by atoms with Crippen molar-refractivity contribution in [2.24, 2.45) is 11.8 Å². The van der Waals surface area contributed by atoms with E-state index in [4.69, 9.17) is 0 Å². The maximum absolute atomic E-state index is 4.31. The number of aromatic nitrogens is 3. The monoisotopic (exact) mass is 236 g/mol. The molecule has 0 radical (unpaired) electrons. The molecule has 0 spiro atoms. The van der Waals surface area contributed by atoms with Gasteiger partial charge in [0.15, 0.2) is 0 Å². The van der Waals surface area contributed by atoms with Crippen LogP contribution in [-0.4, -0.2) is 21.3 Å². The molecule has 0 saturated heterocycles. The largest absolute Gasteiger partial charge is 0.310 e. The predicted molar refractivity (Wildman–Crippen MR) is 68.6 cm³/mol. The van der Waals surface area contributed by atoms with Crippen LogP contribution in [0.25, 0.3) is 0 Å². The van der Waals surface area contributed by atoms with E-state index in [0.29, 0.717) is 6.04 Å². The average molecular weight is 236 g/mol. The highest BCUT2D eigenvalue weighted by Gasteiger charge is 2.20. The molecule has 1 aliphatic rings. The van der Waals surface area contributed by atoms with Crippen molar-refractivity contribution < 1.29 is 0 Å². The van der Waals surface area contributed by atoms with Crippen LogP contribution in [0.15, 0.2) is 6.33 Å². The second-order valence-corrected chi connectivity index (χ2v) is 5.63. The number of hydrogen-bond donors (Lipinski definition) is 1. The molecular weight excluding hydrogens is 212 g/mol. The molecule has 2 rings (SSSR count). The molecule has 1 N–H and O–H groups in total. The van der Waals surface area contributed by atoms with Gasteiger partial charge in [0.2, 0.25) is 0 Å². The van der Waals surface area contributed by atoms with Crippen LogP contribution in [-0.2, 0) is 6.54 Å². The molecule has 1 aliphatic carbocycles. The third kappa shape index (κ3) is 3.28. The van der Waals surface area contributed by atoms with Gasteiger partial charge in [0.1, 0.15) is 12.2 Å². The Labute approximate surface area is 104 Å². The minimum Gasteiger partial charge on any atom is -0.310 e. The van der Waals surface area contributed by atoms with Crippen molar-refractivity contribution in [1.29, 1.82) is 0 Å². The average Bonchev–Trinajstić information content (AvgIpc) is 2.87. The fraction of sp³-hybridized carbons (Fsp3) is 0.846. The second-order valence-electron chi connectivity index (χ2n) is 5.63. The SMILES string of the molecule is CC1CCC(CNCc2ncnn2C(C)C)C1. The van der Waals surface area contributed by atoms with Gasteiger partial charge in [-0.1, -0.05) is 13.3 Å². The summed E-state index contributed by atoms with van der Waals surface area (Å²) in [5.74, 6) is 2.83. The van der Waals surface area contributed by atoms with Gasteiger partial charge < -0.3 is 5.32 Å². The summed E-state index contributed by atoms with van der Waals surface area (Å²) in [5.41, 5.74) is 0. The maximum atomic E-state index is 4.31. The number of nitrogens with zero attached hydrogens (tertiary/aromatic N) is 3. The Kier molecular flexibility index (Phi) is 4.15. The molecule has 0 aromatic carbocycles. The number of nitrogens with one attached hydrogen (secondary N) is 1. The van der Waals surface area contributed by atoms with Crippen LogP contribution in [0.1, 0.15) is 51.9 Å². The Morgan fingerprint density at radius 3 is 2.94 bits per heavy atom. The van der Waals surface area contributed by atoms with E-state index in [0.717, 1.165) is 30.7 Å². The van der Waals surface area contributed by atoms with Crippen LogP contribution in [0.4, 0.5) is 0 Å². The topological polar surface area (TPSA) is 42.7 Å². The van der Waals surface area contributed by atoms with Gasteiger partial charge in [-0.05, 0) is 45.1 Å². The van der Waals surface area contributed by atoms with Gasteiger partial charge in [-0.3, -0.25) is 0 Å². The molecule has 96 valence electrons. The Bertz CT molecular complexity index is 345. The van der Waals surface area contributed by atoms with Crippen LogP contribution in [0.2, 0.25) is 0 Å². The zero-order valence-corrected chi connectivity index (χ0v) is 11.2. The Balaban J connectivity index is 1.76.